The lowest BCUT2D eigenvalue weighted by Gasteiger charge is -2.40. The second kappa shape index (κ2) is 13.6. The minimum absolute atomic E-state index is 0.00115. The molecule has 1 aliphatic heterocycles. The Hall–Kier alpha value is -4.42. The Morgan fingerprint density at radius 2 is 1.48 bits per heavy atom. The number of carbonyl (C=O) groups is 1. The van der Waals surface area contributed by atoms with Gasteiger partial charge in [-0.3, -0.25) is 9.79 Å². The quantitative estimate of drug-likeness (QED) is 0.193. The van der Waals surface area contributed by atoms with Crippen LogP contribution >= 0.6 is 0 Å². The maximum atomic E-state index is 13.3. The van der Waals surface area contributed by atoms with E-state index in [1.807, 2.05) is 60.7 Å². The van der Waals surface area contributed by atoms with Crippen molar-refractivity contribution in [2.75, 3.05) is 23.3 Å². The maximum Gasteiger partial charge on any atom is 0.222 e. The zero-order valence-electron chi connectivity index (χ0n) is 22.8. The van der Waals surface area contributed by atoms with E-state index >= 15 is 0 Å². The van der Waals surface area contributed by atoms with E-state index in [1.165, 1.54) is 5.56 Å². The van der Waals surface area contributed by atoms with Crippen LogP contribution in [0.3, 0.4) is 0 Å². The summed E-state index contributed by atoms with van der Waals surface area (Å²) < 4.78 is 0. The van der Waals surface area contributed by atoms with Crippen LogP contribution in [0.25, 0.3) is 11.1 Å². The van der Waals surface area contributed by atoms with Crippen LogP contribution < -0.4 is 21.3 Å². The number of carbonyl (C=O) groups excluding carboxylic acids is 1. The average molecular weight is 532 g/mol. The standard InChI is InChI=1S/C34H37N5O/c35-22-10-3-11-23-36-34-38-31-17-9-8-16-30(31)32(24-33(40)37-25-26-12-4-1-5-13-26)39(34)29-20-18-28(19-21-29)27-14-6-2-7-15-27/h1-2,4-9,12-21,32H,3,10-11,22-25,35H2,(H,36,38)(H,37,40). The summed E-state index contributed by atoms with van der Waals surface area (Å²) in [5.74, 6) is 0.763. The molecule has 0 aliphatic carbocycles. The lowest BCUT2D eigenvalue weighted by Crippen LogP contribution is -2.45. The summed E-state index contributed by atoms with van der Waals surface area (Å²) in [4.78, 5) is 20.5. The molecule has 0 saturated heterocycles. The molecule has 6 heteroatoms. The van der Waals surface area contributed by atoms with Gasteiger partial charge in [0.15, 0.2) is 0 Å². The van der Waals surface area contributed by atoms with Crippen molar-refractivity contribution in [1.82, 2.24) is 5.32 Å². The molecule has 0 saturated carbocycles. The Labute approximate surface area is 237 Å². The first-order chi connectivity index (χ1) is 19.7. The molecule has 204 valence electrons. The summed E-state index contributed by atoms with van der Waals surface area (Å²) in [6.07, 6.45) is 3.31. The number of hydrogen-bond acceptors (Lipinski definition) is 3. The van der Waals surface area contributed by atoms with E-state index in [0.29, 0.717) is 26.1 Å². The lowest BCUT2D eigenvalue weighted by molar-refractivity contribution is -0.121. The molecule has 0 aromatic heterocycles. The Bertz CT molecular complexity index is 1400. The summed E-state index contributed by atoms with van der Waals surface area (Å²) in [7, 11) is 0. The molecule has 1 aliphatic rings. The van der Waals surface area contributed by atoms with Crippen molar-refractivity contribution in [3.8, 4) is 11.1 Å². The highest BCUT2D eigenvalue weighted by Crippen LogP contribution is 2.39. The second-order valence-electron chi connectivity index (χ2n) is 10.0. The average Bonchev–Trinajstić information content (AvgIpc) is 3.01. The smallest absolute Gasteiger partial charge is 0.222 e. The largest absolute Gasteiger partial charge is 0.352 e. The predicted molar refractivity (Wildman–Crippen MR) is 165 cm³/mol. The van der Waals surface area contributed by atoms with E-state index in [2.05, 4.69) is 64.1 Å². The van der Waals surface area contributed by atoms with Crippen molar-refractivity contribution in [1.29, 1.82) is 0 Å². The Kier molecular flexibility index (Phi) is 9.22. The number of rotatable bonds is 11. The number of hydrogen-bond donors (Lipinski definition) is 3. The Morgan fingerprint density at radius 3 is 2.23 bits per heavy atom. The van der Waals surface area contributed by atoms with E-state index in [1.54, 1.807) is 0 Å². The van der Waals surface area contributed by atoms with E-state index in [9.17, 15) is 4.79 Å². The molecule has 1 amide bonds. The molecule has 6 nitrogen and oxygen atoms in total. The summed E-state index contributed by atoms with van der Waals surface area (Å²) in [5.41, 5.74) is 12.1. The van der Waals surface area contributed by atoms with Gasteiger partial charge in [0.1, 0.15) is 0 Å². The van der Waals surface area contributed by atoms with Crippen molar-refractivity contribution < 1.29 is 4.79 Å². The Morgan fingerprint density at radius 1 is 0.800 bits per heavy atom. The van der Waals surface area contributed by atoms with Crippen LogP contribution in [0.2, 0.25) is 0 Å². The molecular weight excluding hydrogens is 494 g/mol. The number of benzene rings is 4. The number of guanidine groups is 1. The highest BCUT2D eigenvalue weighted by molar-refractivity contribution is 6.09. The highest BCUT2D eigenvalue weighted by atomic mass is 16.1. The fourth-order valence-corrected chi connectivity index (χ4v) is 5.10. The van der Waals surface area contributed by atoms with Gasteiger partial charge in [-0.15, -0.1) is 0 Å². The van der Waals surface area contributed by atoms with Crippen molar-refractivity contribution in [2.45, 2.75) is 38.3 Å². The highest BCUT2D eigenvalue weighted by Gasteiger charge is 2.33. The molecular formula is C34H37N5O. The van der Waals surface area contributed by atoms with E-state index in [-0.39, 0.29) is 11.9 Å². The van der Waals surface area contributed by atoms with Crippen LogP contribution in [0.15, 0.2) is 114 Å². The number of fused-ring (bicyclic) bond motifs is 1. The van der Waals surface area contributed by atoms with E-state index < -0.39 is 0 Å². The summed E-state index contributed by atoms with van der Waals surface area (Å²) in [5, 5.41) is 6.69. The minimum Gasteiger partial charge on any atom is -0.352 e. The third kappa shape index (κ3) is 6.77. The fraction of sp³-hybridized carbons (Fsp3) is 0.235. The van der Waals surface area contributed by atoms with Crippen molar-refractivity contribution in [2.24, 2.45) is 10.7 Å². The SMILES string of the molecule is NCCCCCN=C1Nc2ccccc2C(CC(=O)NCc2ccccc2)N1c1ccc(-c2ccccc2)cc1. The number of nitrogens with two attached hydrogens (primary N) is 1. The zero-order valence-corrected chi connectivity index (χ0v) is 22.8. The van der Waals surface area contributed by atoms with Gasteiger partial charge < -0.3 is 21.3 Å². The summed E-state index contributed by atoms with van der Waals surface area (Å²) >= 11 is 0. The van der Waals surface area contributed by atoms with E-state index in [4.69, 9.17) is 10.7 Å². The Balaban J connectivity index is 1.45. The van der Waals surface area contributed by atoms with Crippen LogP contribution in [0, 0.1) is 0 Å². The van der Waals surface area contributed by atoms with Crippen LogP contribution in [0.1, 0.15) is 42.9 Å². The lowest BCUT2D eigenvalue weighted by atomic mass is 9.96. The van der Waals surface area contributed by atoms with Crippen molar-refractivity contribution in [3.63, 3.8) is 0 Å². The van der Waals surface area contributed by atoms with Crippen LogP contribution in [0.4, 0.5) is 11.4 Å². The summed E-state index contributed by atoms with van der Waals surface area (Å²) in [6, 6.07) is 36.9. The molecule has 0 radical (unpaired) electrons. The first-order valence-electron chi connectivity index (χ1n) is 14.1. The van der Waals surface area contributed by atoms with Gasteiger partial charge in [0, 0.05) is 24.5 Å². The molecule has 1 heterocycles. The monoisotopic (exact) mass is 531 g/mol. The van der Waals surface area contributed by atoms with Gasteiger partial charge in [-0.05, 0) is 59.8 Å². The van der Waals surface area contributed by atoms with Gasteiger partial charge in [-0.1, -0.05) is 97.4 Å². The second-order valence-corrected chi connectivity index (χ2v) is 10.0. The number of nitrogens with zero attached hydrogens (tertiary/aromatic N) is 2. The molecule has 40 heavy (non-hydrogen) atoms. The molecule has 0 fully saturated rings. The van der Waals surface area contributed by atoms with Gasteiger partial charge in [-0.2, -0.15) is 0 Å². The van der Waals surface area contributed by atoms with Crippen molar-refractivity contribution in [3.05, 3.63) is 120 Å². The van der Waals surface area contributed by atoms with Gasteiger partial charge in [0.2, 0.25) is 11.9 Å². The predicted octanol–water partition coefficient (Wildman–Crippen LogP) is 6.52. The molecule has 5 rings (SSSR count). The fourth-order valence-electron chi connectivity index (χ4n) is 5.10. The van der Waals surface area contributed by atoms with E-state index in [0.717, 1.165) is 53.3 Å². The normalized spacial score (nSPS) is 15.4. The van der Waals surface area contributed by atoms with Gasteiger partial charge in [0.25, 0.3) is 0 Å². The van der Waals surface area contributed by atoms with Crippen molar-refractivity contribution >= 4 is 23.2 Å². The number of amides is 1. The zero-order chi connectivity index (χ0) is 27.6. The van der Waals surface area contributed by atoms with Crippen LogP contribution in [-0.2, 0) is 11.3 Å². The number of nitrogens with one attached hydrogen (secondary N) is 2. The van der Waals surface area contributed by atoms with Crippen LogP contribution in [-0.4, -0.2) is 25.0 Å². The third-order valence-corrected chi connectivity index (χ3v) is 7.19. The molecule has 4 N–H and O–H groups in total. The molecule has 4 aromatic carbocycles. The molecule has 4 aromatic rings. The maximum absolute atomic E-state index is 13.3. The van der Waals surface area contributed by atoms with Gasteiger partial charge in [-0.25, -0.2) is 0 Å². The number of unbranched alkanes of at least 4 members (excludes halogenated alkanes) is 2. The molecule has 0 bridgehead atoms. The van der Waals surface area contributed by atoms with Gasteiger partial charge >= 0.3 is 0 Å². The number of para-hydroxylation sites is 1. The first kappa shape index (κ1) is 27.2. The third-order valence-electron chi connectivity index (χ3n) is 7.19. The van der Waals surface area contributed by atoms with Crippen LogP contribution in [0.5, 0.6) is 0 Å². The molecule has 1 atom stereocenters. The molecule has 1 unspecified atom stereocenters. The molecule has 0 spiro atoms. The summed E-state index contributed by atoms with van der Waals surface area (Å²) in [6.45, 7) is 1.89. The number of aliphatic imine (C=N–C) groups is 1. The van der Waals surface area contributed by atoms with Gasteiger partial charge in [0.05, 0.1) is 12.5 Å². The number of anilines is 2. The minimum atomic E-state index is -0.210. The first-order valence-corrected chi connectivity index (χ1v) is 14.1. The topological polar surface area (TPSA) is 82.7 Å².